The Bertz CT molecular complexity index is 511. The molecule has 1 aliphatic rings. The lowest BCUT2D eigenvalue weighted by Gasteiger charge is -2.20. The molecule has 5 nitrogen and oxygen atoms in total. The summed E-state index contributed by atoms with van der Waals surface area (Å²) < 4.78 is 28.2. The van der Waals surface area contributed by atoms with Gasteiger partial charge in [-0.05, 0) is 17.5 Å². The van der Waals surface area contributed by atoms with E-state index in [9.17, 15) is 8.42 Å². The molecule has 88 valence electrons. The summed E-state index contributed by atoms with van der Waals surface area (Å²) in [6.45, 7) is 0.245. The first-order valence-corrected chi connectivity index (χ1v) is 6.83. The van der Waals surface area contributed by atoms with Crippen LogP contribution in [0.3, 0.4) is 0 Å². The normalized spacial score (nSPS) is 17.9. The van der Waals surface area contributed by atoms with Crippen LogP contribution < -0.4 is 10.5 Å². The molecule has 0 saturated heterocycles. The van der Waals surface area contributed by atoms with Gasteiger partial charge in [-0.15, -0.1) is 0 Å². The second-order valence-corrected chi connectivity index (χ2v) is 5.98. The highest BCUT2D eigenvalue weighted by Gasteiger charge is 2.25. The van der Waals surface area contributed by atoms with Gasteiger partial charge >= 0.3 is 0 Å². The van der Waals surface area contributed by atoms with Gasteiger partial charge in [0.1, 0.15) is 0 Å². The summed E-state index contributed by atoms with van der Waals surface area (Å²) in [5.41, 5.74) is 8.08. The van der Waals surface area contributed by atoms with Crippen molar-refractivity contribution >= 4 is 9.84 Å². The van der Waals surface area contributed by atoms with Crippen molar-refractivity contribution in [2.75, 3.05) is 12.9 Å². The molecular weight excluding hydrogens is 228 g/mol. The highest BCUT2D eigenvalue weighted by atomic mass is 32.2. The van der Waals surface area contributed by atoms with Crippen molar-refractivity contribution in [3.8, 4) is 5.88 Å². The molecule has 0 amide bonds. The fourth-order valence-corrected chi connectivity index (χ4v) is 3.43. The van der Waals surface area contributed by atoms with E-state index < -0.39 is 9.84 Å². The van der Waals surface area contributed by atoms with Gasteiger partial charge in [0.2, 0.25) is 5.88 Å². The average Bonchev–Trinajstić information content (AvgIpc) is 2.26. The number of rotatable bonds is 2. The fourth-order valence-electron chi connectivity index (χ4n) is 1.95. The van der Waals surface area contributed by atoms with E-state index in [4.69, 9.17) is 10.5 Å². The predicted molar refractivity (Wildman–Crippen MR) is 59.9 cm³/mol. The number of aryl methyl sites for hydroxylation is 1. The number of nitrogens with zero attached hydrogens (tertiary/aromatic N) is 1. The number of ether oxygens (including phenoxy) is 1. The minimum Gasteiger partial charge on any atom is -0.481 e. The Hall–Kier alpha value is -1.14. The molecule has 2 rings (SSSR count). The van der Waals surface area contributed by atoms with Crippen molar-refractivity contribution < 1.29 is 13.2 Å². The van der Waals surface area contributed by atoms with Crippen molar-refractivity contribution in [2.24, 2.45) is 5.73 Å². The van der Waals surface area contributed by atoms with Crippen LogP contribution in [0.5, 0.6) is 5.88 Å². The molecule has 1 aromatic heterocycles. The third-order valence-electron chi connectivity index (χ3n) is 2.79. The number of fused-ring (bicyclic) bond motifs is 1. The lowest BCUT2D eigenvalue weighted by Crippen LogP contribution is -2.22. The van der Waals surface area contributed by atoms with Crippen molar-refractivity contribution in [1.82, 2.24) is 4.98 Å². The van der Waals surface area contributed by atoms with Crippen LogP contribution in [0.2, 0.25) is 0 Å². The van der Waals surface area contributed by atoms with E-state index in [0.717, 1.165) is 11.1 Å². The zero-order chi connectivity index (χ0) is 11.8. The number of methoxy groups -OCH3 is 1. The molecule has 6 heteroatoms. The number of nitrogens with two attached hydrogens (primary N) is 1. The first kappa shape index (κ1) is 11.3. The second kappa shape index (κ2) is 4.03. The molecule has 0 spiro atoms. The molecule has 0 bridgehead atoms. The van der Waals surface area contributed by atoms with Crippen molar-refractivity contribution in [3.63, 3.8) is 0 Å². The van der Waals surface area contributed by atoms with Gasteiger partial charge in [-0.2, -0.15) is 0 Å². The van der Waals surface area contributed by atoms with E-state index in [1.54, 1.807) is 6.20 Å². The van der Waals surface area contributed by atoms with E-state index in [0.29, 0.717) is 17.9 Å². The van der Waals surface area contributed by atoms with Gasteiger partial charge in [-0.1, -0.05) is 0 Å². The fraction of sp³-hybridized carbons (Fsp3) is 0.500. The van der Waals surface area contributed by atoms with Crippen LogP contribution in [-0.4, -0.2) is 26.3 Å². The van der Waals surface area contributed by atoms with Gasteiger partial charge in [-0.25, -0.2) is 13.4 Å². The van der Waals surface area contributed by atoms with Crippen molar-refractivity contribution in [1.29, 1.82) is 0 Å². The first-order valence-electron chi connectivity index (χ1n) is 5.01. The molecule has 0 aromatic carbocycles. The zero-order valence-electron chi connectivity index (χ0n) is 9.06. The average molecular weight is 242 g/mol. The maximum absolute atomic E-state index is 11.6. The van der Waals surface area contributed by atoms with Crippen LogP contribution in [0.15, 0.2) is 6.20 Å². The van der Waals surface area contributed by atoms with E-state index in [1.165, 1.54) is 7.11 Å². The zero-order valence-corrected chi connectivity index (χ0v) is 9.88. The summed E-state index contributed by atoms with van der Waals surface area (Å²) in [4.78, 5) is 4.13. The minimum absolute atomic E-state index is 0.0494. The number of aromatic nitrogens is 1. The molecule has 2 N–H and O–H groups in total. The molecule has 0 saturated carbocycles. The number of hydrogen-bond acceptors (Lipinski definition) is 5. The number of sulfone groups is 1. The molecule has 0 unspecified atom stereocenters. The number of hydrogen-bond donors (Lipinski definition) is 1. The highest BCUT2D eigenvalue weighted by Crippen LogP contribution is 2.28. The lowest BCUT2D eigenvalue weighted by molar-refractivity contribution is 0.391. The van der Waals surface area contributed by atoms with Crippen molar-refractivity contribution in [2.45, 2.75) is 18.7 Å². The van der Waals surface area contributed by atoms with Gasteiger partial charge in [0.05, 0.1) is 18.6 Å². The molecule has 0 aliphatic carbocycles. The summed E-state index contributed by atoms with van der Waals surface area (Å²) in [7, 11) is -1.49. The van der Waals surface area contributed by atoms with Gasteiger partial charge in [0, 0.05) is 18.3 Å². The smallest absolute Gasteiger partial charge is 0.217 e. The maximum atomic E-state index is 11.6. The van der Waals surface area contributed by atoms with Gasteiger partial charge in [-0.3, -0.25) is 0 Å². The number of pyridine rings is 1. The molecule has 16 heavy (non-hydrogen) atoms. The summed E-state index contributed by atoms with van der Waals surface area (Å²) in [5, 5.41) is 0. The monoisotopic (exact) mass is 242 g/mol. The third-order valence-corrected chi connectivity index (χ3v) is 4.35. The molecular formula is C10H14N2O3S. The molecule has 2 heterocycles. The van der Waals surface area contributed by atoms with Crippen LogP contribution in [-0.2, 0) is 28.6 Å². The Labute approximate surface area is 94.5 Å². The van der Waals surface area contributed by atoms with Gasteiger partial charge < -0.3 is 10.5 Å². The van der Waals surface area contributed by atoms with E-state index in [-0.39, 0.29) is 18.1 Å². The van der Waals surface area contributed by atoms with Crippen LogP contribution in [0.4, 0.5) is 0 Å². The molecule has 1 aromatic rings. The van der Waals surface area contributed by atoms with Crippen LogP contribution in [0.25, 0.3) is 0 Å². The topological polar surface area (TPSA) is 82.3 Å². The van der Waals surface area contributed by atoms with E-state index in [1.807, 2.05) is 0 Å². The summed E-state index contributed by atoms with van der Waals surface area (Å²) >= 11 is 0. The Balaban J connectivity index is 2.58. The molecule has 0 radical (unpaired) electrons. The first-order chi connectivity index (χ1) is 7.57. The van der Waals surface area contributed by atoms with E-state index >= 15 is 0 Å². The standard InChI is InChI=1S/C10H14N2O3S/c1-15-10-8(4-11)9-6-16(13,14)3-2-7(9)5-12-10/h5H,2-4,6,11H2,1H3. The SMILES string of the molecule is COc1ncc2c(c1CN)CS(=O)(=O)CC2. The minimum atomic E-state index is -2.99. The Morgan fingerprint density at radius 1 is 1.56 bits per heavy atom. The summed E-state index contributed by atoms with van der Waals surface area (Å²) in [6, 6.07) is 0. The quantitative estimate of drug-likeness (QED) is 0.790. The van der Waals surface area contributed by atoms with Crippen LogP contribution >= 0.6 is 0 Å². The van der Waals surface area contributed by atoms with E-state index in [2.05, 4.69) is 4.98 Å². The maximum Gasteiger partial charge on any atom is 0.217 e. The highest BCUT2D eigenvalue weighted by molar-refractivity contribution is 7.90. The molecule has 1 aliphatic heterocycles. The van der Waals surface area contributed by atoms with Crippen molar-refractivity contribution in [3.05, 3.63) is 22.9 Å². The third kappa shape index (κ3) is 1.90. The van der Waals surface area contributed by atoms with Crippen LogP contribution in [0.1, 0.15) is 16.7 Å². The Morgan fingerprint density at radius 2 is 2.31 bits per heavy atom. The van der Waals surface area contributed by atoms with Crippen LogP contribution in [0, 0.1) is 0 Å². The van der Waals surface area contributed by atoms with Gasteiger partial charge in [0.15, 0.2) is 9.84 Å². The Kier molecular flexibility index (Phi) is 2.86. The molecule has 0 fully saturated rings. The summed E-state index contributed by atoms with van der Waals surface area (Å²) in [5.74, 6) is 0.671. The van der Waals surface area contributed by atoms with Gasteiger partial charge in [0.25, 0.3) is 0 Å². The largest absolute Gasteiger partial charge is 0.481 e. The Morgan fingerprint density at radius 3 is 2.94 bits per heavy atom. The lowest BCUT2D eigenvalue weighted by atomic mass is 10.0. The summed E-state index contributed by atoms with van der Waals surface area (Å²) in [6.07, 6.45) is 2.20. The second-order valence-electron chi connectivity index (χ2n) is 3.80. The molecule has 0 atom stereocenters. The predicted octanol–water partition coefficient (Wildman–Crippen LogP) is 0.0198.